The van der Waals surface area contributed by atoms with Gasteiger partial charge in [-0.1, -0.05) is 13.8 Å². The van der Waals surface area contributed by atoms with Crippen molar-refractivity contribution in [2.24, 2.45) is 5.92 Å². The molecule has 0 radical (unpaired) electrons. The second-order valence-corrected chi connectivity index (χ2v) is 3.65. The van der Waals surface area contributed by atoms with Crippen LogP contribution in [0.1, 0.15) is 20.8 Å². The number of nitrogens with one attached hydrogen (secondary N) is 1. The molecule has 2 N–H and O–H groups in total. The van der Waals surface area contributed by atoms with E-state index in [-0.39, 0.29) is 18.6 Å². The summed E-state index contributed by atoms with van der Waals surface area (Å²) >= 11 is 0. The van der Waals surface area contributed by atoms with Gasteiger partial charge in [-0.2, -0.15) is 0 Å². The number of aliphatic carboxylic acids is 1. The van der Waals surface area contributed by atoms with Gasteiger partial charge in [0.15, 0.2) is 0 Å². The summed E-state index contributed by atoms with van der Waals surface area (Å²) in [6.07, 6.45) is 0. The highest BCUT2D eigenvalue weighted by Gasteiger charge is 2.18. The van der Waals surface area contributed by atoms with Gasteiger partial charge in [-0.15, -0.1) is 0 Å². The Morgan fingerprint density at radius 2 is 1.86 bits per heavy atom. The van der Waals surface area contributed by atoms with E-state index in [2.05, 4.69) is 5.32 Å². The second kappa shape index (κ2) is 5.47. The third kappa shape index (κ3) is 4.11. The van der Waals surface area contributed by atoms with Gasteiger partial charge in [0.05, 0.1) is 0 Å². The van der Waals surface area contributed by atoms with Gasteiger partial charge in [0.1, 0.15) is 6.54 Å². The summed E-state index contributed by atoms with van der Waals surface area (Å²) in [5, 5.41) is 10.7. The molecule has 0 fully saturated rings. The molecule has 5 nitrogen and oxygen atoms in total. The van der Waals surface area contributed by atoms with Gasteiger partial charge in [-0.05, 0) is 12.8 Å². The Morgan fingerprint density at radius 3 is 2.21 bits per heavy atom. The van der Waals surface area contributed by atoms with Crippen LogP contribution in [0.15, 0.2) is 0 Å². The van der Waals surface area contributed by atoms with Crippen LogP contribution in [0.3, 0.4) is 0 Å². The molecule has 0 aliphatic rings. The predicted molar refractivity (Wildman–Crippen MR) is 53.1 cm³/mol. The number of hydrogen-bond acceptors (Lipinski definition) is 2. The number of carbonyl (C=O) groups excluding carboxylic acids is 1. The molecule has 1 unspecified atom stereocenters. The number of carbonyl (C=O) groups is 2. The van der Waals surface area contributed by atoms with E-state index in [1.54, 1.807) is 7.05 Å². The number of urea groups is 1. The summed E-state index contributed by atoms with van der Waals surface area (Å²) in [4.78, 5) is 23.0. The molecule has 2 amide bonds. The zero-order valence-corrected chi connectivity index (χ0v) is 9.07. The molecule has 0 heterocycles. The summed E-state index contributed by atoms with van der Waals surface area (Å²) in [5.74, 6) is -0.695. The second-order valence-electron chi connectivity index (χ2n) is 3.65. The van der Waals surface area contributed by atoms with E-state index in [0.717, 1.165) is 0 Å². The van der Waals surface area contributed by atoms with E-state index in [1.165, 1.54) is 4.90 Å². The SMILES string of the molecule is CC(C)C(C)N(C)C(=O)NCC(=O)O. The molecule has 0 aromatic rings. The van der Waals surface area contributed by atoms with Crippen LogP contribution in [0.5, 0.6) is 0 Å². The highest BCUT2D eigenvalue weighted by Crippen LogP contribution is 2.07. The van der Waals surface area contributed by atoms with Crippen molar-refractivity contribution in [3.05, 3.63) is 0 Å². The minimum absolute atomic E-state index is 0.0868. The maximum Gasteiger partial charge on any atom is 0.323 e. The topological polar surface area (TPSA) is 69.6 Å². The summed E-state index contributed by atoms with van der Waals surface area (Å²) < 4.78 is 0. The molecule has 0 spiro atoms. The number of rotatable bonds is 4. The third-order valence-corrected chi connectivity index (χ3v) is 2.29. The van der Waals surface area contributed by atoms with Crippen LogP contribution in [-0.2, 0) is 4.79 Å². The Labute approximate surface area is 84.1 Å². The Hall–Kier alpha value is -1.26. The minimum atomic E-state index is -1.04. The standard InChI is InChI=1S/C9H18N2O3/c1-6(2)7(3)11(4)9(14)10-5-8(12)13/h6-7H,5H2,1-4H3,(H,10,14)(H,12,13). The van der Waals surface area contributed by atoms with Crippen LogP contribution in [0.4, 0.5) is 4.79 Å². The van der Waals surface area contributed by atoms with Crippen molar-refractivity contribution in [3.8, 4) is 0 Å². The lowest BCUT2D eigenvalue weighted by Gasteiger charge is -2.27. The first-order chi connectivity index (χ1) is 6.36. The van der Waals surface area contributed by atoms with Crippen molar-refractivity contribution < 1.29 is 14.7 Å². The zero-order chi connectivity index (χ0) is 11.3. The molecule has 0 saturated carbocycles. The molecule has 0 aromatic carbocycles. The summed E-state index contributed by atoms with van der Waals surface area (Å²) in [5.41, 5.74) is 0. The molecular weight excluding hydrogens is 184 g/mol. The van der Waals surface area contributed by atoms with Gasteiger partial charge in [0.25, 0.3) is 0 Å². The van der Waals surface area contributed by atoms with Crippen molar-refractivity contribution in [2.45, 2.75) is 26.8 Å². The van der Waals surface area contributed by atoms with Crippen LogP contribution < -0.4 is 5.32 Å². The lowest BCUT2D eigenvalue weighted by molar-refractivity contribution is -0.135. The van der Waals surface area contributed by atoms with Crippen molar-refractivity contribution in [3.63, 3.8) is 0 Å². The fourth-order valence-electron chi connectivity index (χ4n) is 0.908. The molecule has 14 heavy (non-hydrogen) atoms. The Kier molecular flexibility index (Phi) is 4.97. The first-order valence-corrected chi connectivity index (χ1v) is 4.58. The monoisotopic (exact) mass is 202 g/mol. The van der Waals surface area contributed by atoms with E-state index in [9.17, 15) is 9.59 Å². The van der Waals surface area contributed by atoms with Gasteiger partial charge >= 0.3 is 12.0 Å². The van der Waals surface area contributed by atoms with E-state index in [0.29, 0.717) is 5.92 Å². The van der Waals surface area contributed by atoms with Crippen molar-refractivity contribution in [1.82, 2.24) is 10.2 Å². The van der Waals surface area contributed by atoms with Crippen LogP contribution in [0.2, 0.25) is 0 Å². The fourth-order valence-corrected chi connectivity index (χ4v) is 0.908. The maximum atomic E-state index is 11.3. The number of carboxylic acid groups (broad SMARTS) is 1. The average molecular weight is 202 g/mol. The van der Waals surface area contributed by atoms with Crippen LogP contribution in [0.25, 0.3) is 0 Å². The molecule has 0 aromatic heterocycles. The third-order valence-electron chi connectivity index (χ3n) is 2.29. The molecule has 1 atom stereocenters. The first kappa shape index (κ1) is 12.7. The summed E-state index contributed by atoms with van der Waals surface area (Å²) in [6.45, 7) is 5.59. The van der Waals surface area contributed by atoms with Crippen LogP contribution in [0, 0.1) is 5.92 Å². The van der Waals surface area contributed by atoms with E-state index < -0.39 is 5.97 Å². The largest absolute Gasteiger partial charge is 0.480 e. The zero-order valence-electron chi connectivity index (χ0n) is 9.07. The Bertz CT molecular complexity index is 216. The first-order valence-electron chi connectivity index (χ1n) is 4.58. The fraction of sp³-hybridized carbons (Fsp3) is 0.778. The van der Waals surface area contributed by atoms with Crippen molar-refractivity contribution >= 4 is 12.0 Å². The van der Waals surface area contributed by atoms with Gasteiger partial charge < -0.3 is 15.3 Å². The highest BCUT2D eigenvalue weighted by atomic mass is 16.4. The molecular formula is C9H18N2O3. The minimum Gasteiger partial charge on any atom is -0.480 e. The summed E-state index contributed by atoms with van der Waals surface area (Å²) in [6, 6.07) is -0.266. The highest BCUT2D eigenvalue weighted by molar-refractivity contribution is 5.79. The van der Waals surface area contributed by atoms with Gasteiger partial charge in [0.2, 0.25) is 0 Å². The quantitative estimate of drug-likeness (QED) is 0.707. The molecule has 0 saturated heterocycles. The molecule has 0 aliphatic heterocycles. The smallest absolute Gasteiger partial charge is 0.323 e. The summed E-state index contributed by atoms with van der Waals surface area (Å²) in [7, 11) is 1.65. The molecule has 0 bridgehead atoms. The van der Waals surface area contributed by atoms with E-state index in [1.807, 2.05) is 20.8 Å². The van der Waals surface area contributed by atoms with Crippen LogP contribution >= 0.6 is 0 Å². The Balaban J connectivity index is 4.05. The molecule has 0 rings (SSSR count). The number of nitrogens with zero attached hydrogens (tertiary/aromatic N) is 1. The predicted octanol–water partition coefficient (Wildman–Crippen LogP) is 0.757. The Morgan fingerprint density at radius 1 is 1.36 bits per heavy atom. The van der Waals surface area contributed by atoms with Crippen LogP contribution in [-0.4, -0.2) is 41.6 Å². The molecule has 5 heteroatoms. The van der Waals surface area contributed by atoms with Gasteiger partial charge in [0, 0.05) is 13.1 Å². The average Bonchev–Trinajstić information content (AvgIpc) is 2.11. The van der Waals surface area contributed by atoms with Crippen molar-refractivity contribution in [1.29, 1.82) is 0 Å². The van der Waals surface area contributed by atoms with Crippen molar-refractivity contribution in [2.75, 3.05) is 13.6 Å². The number of hydrogen-bond donors (Lipinski definition) is 2. The van der Waals surface area contributed by atoms with E-state index >= 15 is 0 Å². The maximum absolute atomic E-state index is 11.3. The van der Waals surface area contributed by atoms with Gasteiger partial charge in [-0.25, -0.2) is 4.79 Å². The number of carboxylic acids is 1. The molecule has 0 aliphatic carbocycles. The number of amides is 2. The lowest BCUT2D eigenvalue weighted by Crippen LogP contribution is -2.45. The van der Waals surface area contributed by atoms with E-state index in [4.69, 9.17) is 5.11 Å². The van der Waals surface area contributed by atoms with Gasteiger partial charge in [-0.3, -0.25) is 4.79 Å². The molecule has 82 valence electrons. The normalized spacial score (nSPS) is 12.4. The lowest BCUT2D eigenvalue weighted by atomic mass is 10.1.